The van der Waals surface area contributed by atoms with Gasteiger partial charge in [-0.3, -0.25) is 0 Å². The van der Waals surface area contributed by atoms with Gasteiger partial charge >= 0.3 is 0 Å². The molecule has 0 amide bonds. The van der Waals surface area contributed by atoms with Crippen LogP contribution in [0.15, 0.2) is 30.9 Å². The van der Waals surface area contributed by atoms with Crippen LogP contribution in [0.3, 0.4) is 0 Å². The highest BCUT2D eigenvalue weighted by atomic mass is 14.1. The van der Waals surface area contributed by atoms with Gasteiger partial charge in [0, 0.05) is 0 Å². The van der Waals surface area contributed by atoms with Gasteiger partial charge in [0.1, 0.15) is 0 Å². The minimum atomic E-state index is 0.875. The van der Waals surface area contributed by atoms with Gasteiger partial charge in [-0.15, -0.1) is 0 Å². The summed E-state index contributed by atoms with van der Waals surface area (Å²) in [6, 6.07) is 6.96. The molecule has 0 spiro atoms. The Balaban J connectivity index is 2.83. The van der Waals surface area contributed by atoms with Crippen molar-refractivity contribution in [1.29, 1.82) is 0 Å². The molecule has 1 aromatic carbocycles. The molecule has 134 valence electrons. The Kier molecular flexibility index (Phi) is 9.76. The third kappa shape index (κ3) is 6.67. The highest BCUT2D eigenvalue weighted by Crippen LogP contribution is 2.27. The van der Waals surface area contributed by atoms with Gasteiger partial charge in [0.2, 0.25) is 0 Å². The summed E-state index contributed by atoms with van der Waals surface area (Å²) in [5, 5.41) is 0. The van der Waals surface area contributed by atoms with Gasteiger partial charge in [-0.1, -0.05) is 89.8 Å². The van der Waals surface area contributed by atoms with Crippen molar-refractivity contribution in [1.82, 2.24) is 0 Å². The summed E-state index contributed by atoms with van der Waals surface area (Å²) in [7, 11) is 0. The number of allylic oxidation sites excluding steroid dienone is 3. The lowest BCUT2D eigenvalue weighted by atomic mass is 9.92. The molecule has 1 aromatic rings. The fourth-order valence-corrected chi connectivity index (χ4v) is 3.52. The molecule has 0 radical (unpaired) electrons. The summed E-state index contributed by atoms with van der Waals surface area (Å²) >= 11 is 0. The van der Waals surface area contributed by atoms with Crippen molar-refractivity contribution in [3.63, 3.8) is 0 Å². The van der Waals surface area contributed by atoms with Crippen molar-refractivity contribution in [2.24, 2.45) is 5.92 Å². The van der Waals surface area contributed by atoms with E-state index in [1.165, 1.54) is 72.8 Å². The van der Waals surface area contributed by atoms with Crippen LogP contribution in [-0.4, -0.2) is 0 Å². The molecule has 0 heterocycles. The largest absolute Gasteiger partial charge is 0.0955 e. The second kappa shape index (κ2) is 11.3. The molecule has 0 saturated heterocycles. The lowest BCUT2D eigenvalue weighted by Gasteiger charge is -2.13. The topological polar surface area (TPSA) is 0 Å². The molecular formula is C24H38. The van der Waals surface area contributed by atoms with Crippen molar-refractivity contribution in [3.8, 4) is 0 Å². The van der Waals surface area contributed by atoms with Crippen LogP contribution in [-0.2, 0) is 6.42 Å². The van der Waals surface area contributed by atoms with Crippen LogP contribution >= 0.6 is 0 Å². The quantitative estimate of drug-likeness (QED) is 0.360. The highest BCUT2D eigenvalue weighted by Gasteiger charge is 2.07. The van der Waals surface area contributed by atoms with Gasteiger partial charge in [-0.2, -0.15) is 0 Å². The average Bonchev–Trinajstić information content (AvgIpc) is 2.57. The Morgan fingerprint density at radius 2 is 1.88 bits per heavy atom. The molecule has 0 heteroatoms. The average molecular weight is 327 g/mol. The fourth-order valence-electron chi connectivity index (χ4n) is 3.52. The van der Waals surface area contributed by atoms with Crippen molar-refractivity contribution in [3.05, 3.63) is 47.5 Å². The molecule has 0 bridgehead atoms. The first-order valence-corrected chi connectivity index (χ1v) is 10.0. The summed E-state index contributed by atoms with van der Waals surface area (Å²) in [4.78, 5) is 0. The van der Waals surface area contributed by atoms with E-state index in [0.29, 0.717) is 0 Å². The van der Waals surface area contributed by atoms with Gasteiger partial charge < -0.3 is 0 Å². The number of hydrogen-bond donors (Lipinski definition) is 0. The van der Waals surface area contributed by atoms with Crippen LogP contribution in [0.4, 0.5) is 0 Å². The summed E-state index contributed by atoms with van der Waals surface area (Å²) in [5.74, 6) is 0.875. The lowest BCUT2D eigenvalue weighted by molar-refractivity contribution is 0.471. The van der Waals surface area contributed by atoms with Gasteiger partial charge in [-0.05, 0) is 60.8 Å². The molecule has 0 aliphatic carbocycles. The fraction of sp³-hybridized carbons (Fsp3) is 0.583. The molecule has 0 N–H and O–H groups in total. The second-order valence-electron chi connectivity index (χ2n) is 7.31. The molecule has 0 fully saturated rings. The smallest absolute Gasteiger partial charge is 0.0201 e. The van der Waals surface area contributed by atoms with E-state index in [9.17, 15) is 0 Å². The number of rotatable bonds is 11. The van der Waals surface area contributed by atoms with Crippen LogP contribution in [0.2, 0.25) is 0 Å². The highest BCUT2D eigenvalue weighted by molar-refractivity contribution is 5.71. The maximum Gasteiger partial charge on any atom is -0.0201 e. The maximum absolute atomic E-state index is 4.12. The SMILES string of the molecule is C=C(C)c1ccc(/C(=C/CCCC(C)CCC)CCC)cc1CC. The van der Waals surface area contributed by atoms with Crippen LogP contribution in [0, 0.1) is 5.92 Å². The molecule has 24 heavy (non-hydrogen) atoms. The van der Waals surface area contributed by atoms with Gasteiger partial charge in [0.25, 0.3) is 0 Å². The van der Waals surface area contributed by atoms with E-state index in [2.05, 4.69) is 65.5 Å². The van der Waals surface area contributed by atoms with E-state index in [1.807, 2.05) is 0 Å². The summed E-state index contributed by atoms with van der Waals surface area (Å²) in [5.41, 5.74) is 6.87. The normalized spacial score (nSPS) is 13.1. The lowest BCUT2D eigenvalue weighted by Crippen LogP contribution is -1.95. The van der Waals surface area contributed by atoms with Gasteiger partial charge in [-0.25, -0.2) is 0 Å². The maximum atomic E-state index is 4.12. The molecule has 1 unspecified atom stereocenters. The van der Waals surface area contributed by atoms with Crippen LogP contribution in [0.5, 0.6) is 0 Å². The number of benzene rings is 1. The molecule has 1 atom stereocenters. The third-order valence-corrected chi connectivity index (χ3v) is 4.91. The summed E-state index contributed by atoms with van der Waals surface area (Å²) < 4.78 is 0. The van der Waals surface area contributed by atoms with E-state index in [4.69, 9.17) is 0 Å². The third-order valence-electron chi connectivity index (χ3n) is 4.91. The Morgan fingerprint density at radius 3 is 2.46 bits per heavy atom. The molecular weight excluding hydrogens is 288 g/mol. The monoisotopic (exact) mass is 326 g/mol. The van der Waals surface area contributed by atoms with Crippen LogP contribution < -0.4 is 0 Å². The zero-order valence-electron chi connectivity index (χ0n) is 16.8. The predicted octanol–water partition coefficient (Wildman–Crippen LogP) is 8.07. The number of hydrogen-bond acceptors (Lipinski definition) is 0. The second-order valence-corrected chi connectivity index (χ2v) is 7.31. The Bertz CT molecular complexity index is 533. The van der Waals surface area contributed by atoms with E-state index in [-0.39, 0.29) is 0 Å². The first kappa shape index (κ1) is 20.7. The van der Waals surface area contributed by atoms with E-state index in [0.717, 1.165) is 12.3 Å². The number of aryl methyl sites for hydroxylation is 1. The van der Waals surface area contributed by atoms with E-state index < -0.39 is 0 Å². The number of unbranched alkanes of at least 4 members (excludes halogenated alkanes) is 1. The standard InChI is InChI=1S/C24H38/c1-7-12-20(6)14-10-11-15-22(13-8-2)23-16-17-24(19(4)5)21(9-3)18-23/h15-18,20H,4,7-14H2,1-3,5-6H3/b22-15+. The summed E-state index contributed by atoms with van der Waals surface area (Å²) in [6.07, 6.45) is 12.5. The zero-order chi connectivity index (χ0) is 17.9. The van der Waals surface area contributed by atoms with Gasteiger partial charge in [0.05, 0.1) is 0 Å². The minimum absolute atomic E-state index is 0.875. The predicted molar refractivity (Wildman–Crippen MR) is 111 cm³/mol. The first-order chi connectivity index (χ1) is 11.5. The Hall–Kier alpha value is -1.30. The zero-order valence-corrected chi connectivity index (χ0v) is 16.8. The molecule has 0 aromatic heterocycles. The first-order valence-electron chi connectivity index (χ1n) is 10.0. The Labute approximate surface area is 151 Å². The van der Waals surface area contributed by atoms with E-state index >= 15 is 0 Å². The van der Waals surface area contributed by atoms with E-state index in [1.54, 1.807) is 0 Å². The van der Waals surface area contributed by atoms with Crippen molar-refractivity contribution >= 4 is 11.1 Å². The molecule has 0 aliphatic heterocycles. The molecule has 1 rings (SSSR count). The molecule has 0 aliphatic rings. The molecule has 0 nitrogen and oxygen atoms in total. The van der Waals surface area contributed by atoms with Crippen molar-refractivity contribution < 1.29 is 0 Å². The van der Waals surface area contributed by atoms with Crippen LogP contribution in [0.25, 0.3) is 11.1 Å². The molecule has 0 saturated carbocycles. The minimum Gasteiger partial charge on any atom is -0.0955 e. The van der Waals surface area contributed by atoms with Crippen LogP contribution in [0.1, 0.15) is 96.3 Å². The van der Waals surface area contributed by atoms with Crippen molar-refractivity contribution in [2.75, 3.05) is 0 Å². The summed E-state index contributed by atoms with van der Waals surface area (Å²) in [6.45, 7) is 15.4. The van der Waals surface area contributed by atoms with Crippen molar-refractivity contribution in [2.45, 2.75) is 86.0 Å². The van der Waals surface area contributed by atoms with Gasteiger partial charge in [0.15, 0.2) is 0 Å². The Morgan fingerprint density at radius 1 is 1.12 bits per heavy atom.